The topological polar surface area (TPSA) is 120 Å². The minimum absolute atomic E-state index is 0.0308. The van der Waals surface area contributed by atoms with Gasteiger partial charge in [0.2, 0.25) is 15.9 Å². The van der Waals surface area contributed by atoms with Crippen LogP contribution in [-0.4, -0.2) is 45.6 Å². The molecule has 0 atom stereocenters. The minimum Gasteiger partial charge on any atom is -0.493 e. The van der Waals surface area contributed by atoms with E-state index in [-0.39, 0.29) is 29.0 Å². The van der Waals surface area contributed by atoms with E-state index in [0.29, 0.717) is 34.3 Å². The Morgan fingerprint density at radius 1 is 1.35 bits per heavy atom. The molecule has 0 unspecified atom stereocenters. The molecule has 3 aromatic rings. The van der Waals surface area contributed by atoms with Crippen LogP contribution in [0.25, 0.3) is 22.4 Å². The number of furan rings is 1. The number of hydrogen-bond acceptors (Lipinski definition) is 8. The number of methoxy groups -OCH3 is 1. The zero-order chi connectivity index (χ0) is 22.4. The minimum atomic E-state index is -3.86. The number of ether oxygens (including phenoxy) is 2. The molecule has 9 nitrogen and oxygen atoms in total. The number of aromatic nitrogens is 1. The van der Waals surface area contributed by atoms with Crippen LogP contribution in [0.2, 0.25) is 0 Å². The molecule has 2 N–H and O–H groups in total. The molecule has 168 valence electrons. The summed E-state index contributed by atoms with van der Waals surface area (Å²) in [5.41, 5.74) is 0.707. The third-order valence-electron chi connectivity index (χ3n) is 4.23. The first kappa shape index (κ1) is 23.5. The number of thiazole rings is 1. The third-order valence-corrected chi connectivity index (χ3v) is 6.67. The third kappa shape index (κ3) is 5.55. The molecule has 0 bridgehead atoms. The van der Waals surface area contributed by atoms with Crippen LogP contribution < -0.4 is 14.8 Å². The normalized spacial score (nSPS) is 11.7. The molecule has 0 saturated carbocycles. The highest BCUT2D eigenvalue weighted by Gasteiger charge is 2.23. The lowest BCUT2D eigenvalue weighted by molar-refractivity contribution is -0.113. The van der Waals surface area contributed by atoms with E-state index in [9.17, 15) is 13.2 Å². The monoisotopic (exact) mass is 487 g/mol. The van der Waals surface area contributed by atoms with Crippen molar-refractivity contribution in [2.24, 2.45) is 0 Å². The molecular weight excluding hydrogens is 466 g/mol. The maximum atomic E-state index is 12.8. The lowest BCUT2D eigenvalue weighted by atomic mass is 10.2. The number of nitrogens with zero attached hydrogens (tertiary/aromatic N) is 1. The van der Waals surface area contributed by atoms with Crippen LogP contribution >= 0.6 is 22.9 Å². The van der Waals surface area contributed by atoms with E-state index in [1.165, 1.54) is 30.6 Å². The number of alkyl halides is 1. The van der Waals surface area contributed by atoms with E-state index in [1.54, 1.807) is 11.4 Å². The number of halogens is 1. The summed E-state index contributed by atoms with van der Waals surface area (Å²) in [4.78, 5) is 15.8. The van der Waals surface area contributed by atoms with Crippen molar-refractivity contribution in [2.75, 3.05) is 31.6 Å². The molecule has 0 spiro atoms. The molecular formula is C19H22ClN3O6S2. The highest BCUT2D eigenvalue weighted by Crippen LogP contribution is 2.37. The number of fused-ring (bicyclic) bond motifs is 1. The predicted octanol–water partition coefficient (Wildman–Crippen LogP) is 3.79. The number of nitrogens with one attached hydrogen (secondary N) is 2. The van der Waals surface area contributed by atoms with Gasteiger partial charge in [0.25, 0.3) is 0 Å². The summed E-state index contributed by atoms with van der Waals surface area (Å²) >= 11 is 6.69. The molecule has 3 rings (SSSR count). The Hall–Kier alpha value is -2.18. The van der Waals surface area contributed by atoms with Crippen molar-refractivity contribution in [3.05, 3.63) is 23.6 Å². The number of carbonyl (C=O) groups excluding carboxylic acids is 1. The van der Waals surface area contributed by atoms with Gasteiger partial charge in [-0.15, -0.1) is 22.9 Å². The van der Waals surface area contributed by atoms with Gasteiger partial charge < -0.3 is 19.2 Å². The van der Waals surface area contributed by atoms with Crippen molar-refractivity contribution in [2.45, 2.75) is 24.7 Å². The fourth-order valence-corrected chi connectivity index (χ4v) is 4.57. The molecule has 2 heterocycles. The van der Waals surface area contributed by atoms with Crippen molar-refractivity contribution < 1.29 is 27.1 Å². The van der Waals surface area contributed by atoms with Gasteiger partial charge in [-0.2, -0.15) is 4.72 Å². The first-order chi connectivity index (χ1) is 14.9. The van der Waals surface area contributed by atoms with E-state index in [0.717, 1.165) is 12.8 Å². The fraction of sp³-hybridized carbons (Fsp3) is 0.368. The summed E-state index contributed by atoms with van der Waals surface area (Å²) in [6.45, 7) is 2.37. The van der Waals surface area contributed by atoms with E-state index in [4.69, 9.17) is 25.5 Å². The maximum absolute atomic E-state index is 12.8. The SMILES string of the molecule is CCCCOCNS(=O)(=O)c1ccc(OC)c2oc(-c3csc(NC(=O)CCl)n3)cc12. The Balaban J connectivity index is 1.93. The Bertz CT molecular complexity index is 1160. The van der Waals surface area contributed by atoms with E-state index in [1.807, 2.05) is 6.92 Å². The van der Waals surface area contributed by atoms with Crippen molar-refractivity contribution in [3.8, 4) is 17.2 Å². The Labute approximate surface area is 188 Å². The van der Waals surface area contributed by atoms with E-state index < -0.39 is 10.0 Å². The number of carbonyl (C=O) groups is 1. The van der Waals surface area contributed by atoms with Gasteiger partial charge in [-0.25, -0.2) is 13.4 Å². The number of sulfonamides is 1. The Morgan fingerprint density at radius 3 is 2.87 bits per heavy atom. The van der Waals surface area contributed by atoms with Crippen LogP contribution in [0.1, 0.15) is 19.8 Å². The summed E-state index contributed by atoms with van der Waals surface area (Å²) < 4.78 is 44.6. The van der Waals surface area contributed by atoms with Crippen molar-refractivity contribution >= 4 is 55.0 Å². The number of amides is 1. The molecule has 0 aliphatic carbocycles. The summed E-state index contributed by atoms with van der Waals surface area (Å²) in [5, 5.41) is 4.94. The summed E-state index contributed by atoms with van der Waals surface area (Å²) in [6.07, 6.45) is 1.80. The molecule has 0 fully saturated rings. The zero-order valence-electron chi connectivity index (χ0n) is 16.9. The molecule has 0 aliphatic rings. The molecule has 12 heteroatoms. The number of unbranched alkanes of at least 4 members (excludes halogenated alkanes) is 1. The first-order valence-electron chi connectivity index (χ1n) is 9.39. The van der Waals surface area contributed by atoms with Crippen molar-refractivity contribution in [1.82, 2.24) is 9.71 Å². The van der Waals surface area contributed by atoms with Crippen LogP contribution in [0.3, 0.4) is 0 Å². The van der Waals surface area contributed by atoms with E-state index in [2.05, 4.69) is 15.0 Å². The van der Waals surface area contributed by atoms with Crippen molar-refractivity contribution in [3.63, 3.8) is 0 Å². The largest absolute Gasteiger partial charge is 0.493 e. The lowest BCUT2D eigenvalue weighted by Gasteiger charge is -2.09. The second-order valence-electron chi connectivity index (χ2n) is 6.39. The fourth-order valence-electron chi connectivity index (χ4n) is 2.71. The average Bonchev–Trinajstić information content (AvgIpc) is 3.39. The van der Waals surface area contributed by atoms with Gasteiger partial charge in [0.1, 0.15) is 18.3 Å². The number of rotatable bonds is 11. The standard InChI is InChI=1S/C19H22ClN3O6S2/c1-3-4-7-28-11-21-31(25,26)16-6-5-14(27-2)18-12(16)8-15(29-18)13-10-30-19(22-13)23-17(24)9-20/h5-6,8,10,21H,3-4,7,9,11H2,1-2H3,(H,22,23,24). The molecule has 0 radical (unpaired) electrons. The predicted molar refractivity (Wildman–Crippen MR) is 119 cm³/mol. The van der Waals surface area contributed by atoms with Gasteiger partial charge >= 0.3 is 0 Å². The molecule has 2 aromatic heterocycles. The summed E-state index contributed by atoms with van der Waals surface area (Å²) in [5.74, 6) is 0.144. The lowest BCUT2D eigenvalue weighted by Crippen LogP contribution is -2.26. The Kier molecular flexibility index (Phi) is 7.89. The van der Waals surface area contributed by atoms with Gasteiger partial charge in [0, 0.05) is 17.4 Å². The number of benzene rings is 1. The highest BCUT2D eigenvalue weighted by atomic mass is 35.5. The maximum Gasteiger partial charge on any atom is 0.243 e. The van der Waals surface area contributed by atoms with Gasteiger partial charge in [0.05, 0.1) is 12.0 Å². The molecule has 0 aliphatic heterocycles. The van der Waals surface area contributed by atoms with Crippen LogP contribution in [0.5, 0.6) is 5.75 Å². The van der Waals surface area contributed by atoms with E-state index >= 15 is 0 Å². The van der Waals surface area contributed by atoms with Gasteiger partial charge in [-0.1, -0.05) is 13.3 Å². The number of anilines is 1. The van der Waals surface area contributed by atoms with Crippen LogP contribution in [-0.2, 0) is 19.6 Å². The van der Waals surface area contributed by atoms with Crippen LogP contribution in [0.4, 0.5) is 5.13 Å². The molecule has 0 saturated heterocycles. The van der Waals surface area contributed by atoms with Gasteiger partial charge in [-0.05, 0) is 24.6 Å². The van der Waals surface area contributed by atoms with Crippen molar-refractivity contribution in [1.29, 1.82) is 0 Å². The average molecular weight is 488 g/mol. The molecule has 1 amide bonds. The second kappa shape index (κ2) is 10.4. The van der Waals surface area contributed by atoms with Crippen LogP contribution in [0, 0.1) is 0 Å². The number of hydrogen-bond donors (Lipinski definition) is 2. The van der Waals surface area contributed by atoms with Crippen LogP contribution in [0.15, 0.2) is 32.9 Å². The molecule has 31 heavy (non-hydrogen) atoms. The molecule has 1 aromatic carbocycles. The summed E-state index contributed by atoms with van der Waals surface area (Å²) in [6, 6.07) is 4.55. The second-order valence-corrected chi connectivity index (χ2v) is 9.25. The summed E-state index contributed by atoms with van der Waals surface area (Å²) in [7, 11) is -2.40. The zero-order valence-corrected chi connectivity index (χ0v) is 19.3. The first-order valence-corrected chi connectivity index (χ1v) is 12.3. The quantitative estimate of drug-likeness (QED) is 0.240. The van der Waals surface area contributed by atoms with Gasteiger partial charge in [0.15, 0.2) is 22.2 Å². The smallest absolute Gasteiger partial charge is 0.243 e. The Morgan fingerprint density at radius 2 is 2.16 bits per heavy atom. The highest BCUT2D eigenvalue weighted by molar-refractivity contribution is 7.89. The van der Waals surface area contributed by atoms with Gasteiger partial charge in [-0.3, -0.25) is 4.79 Å².